The Bertz CT molecular complexity index is 205. The number of unbranched alkanes of at least 4 members (excludes halogenated alkanes) is 1. The van der Waals surface area contributed by atoms with Crippen LogP contribution < -0.4 is 3.59 Å². The largest absolute Gasteiger partial charge is 0.331 e. The van der Waals surface area contributed by atoms with E-state index >= 15 is 0 Å². The minimum absolute atomic E-state index is 1.20. The Morgan fingerprint density at radius 3 is 2.55 bits per heavy atom. The molecule has 0 saturated heterocycles. The number of hydrogen-bond acceptors (Lipinski definition) is 0. The van der Waals surface area contributed by atoms with Gasteiger partial charge in [-0.3, -0.25) is 0 Å². The number of pyridine rings is 1. The fourth-order valence-corrected chi connectivity index (χ4v) is 1.22. The molecule has 1 aromatic rings. The van der Waals surface area contributed by atoms with Crippen molar-refractivity contribution in [2.75, 3.05) is 0 Å². The van der Waals surface area contributed by atoms with Gasteiger partial charge in [0.05, 0.1) is 0 Å². The van der Waals surface area contributed by atoms with Crippen LogP contribution in [0.5, 0.6) is 0 Å². The maximum Gasteiger partial charge on any atom is 0.331 e. The van der Waals surface area contributed by atoms with Crippen molar-refractivity contribution in [3.8, 4) is 0 Å². The van der Waals surface area contributed by atoms with Gasteiger partial charge in [0.15, 0.2) is 12.4 Å². The molecule has 0 fully saturated rings. The van der Waals surface area contributed by atoms with Crippen LogP contribution in [0.1, 0.15) is 25.3 Å². The summed E-state index contributed by atoms with van der Waals surface area (Å²) in [4.78, 5) is 0. The molecule has 1 nitrogen and oxygen atoms in total. The molecule has 2 heteroatoms. The van der Waals surface area contributed by atoms with E-state index in [2.05, 4.69) is 35.2 Å². The lowest BCUT2D eigenvalue weighted by Crippen LogP contribution is -2.16. The topological polar surface area (TPSA) is 3.88 Å². The van der Waals surface area contributed by atoms with E-state index in [1.807, 2.05) is 16.0 Å². The lowest BCUT2D eigenvalue weighted by Gasteiger charge is -1.95. The molecular weight excluding hydrogens is 202 g/mol. The quantitative estimate of drug-likeness (QED) is 0.729. The van der Waals surface area contributed by atoms with Crippen LogP contribution in [0.4, 0.5) is 0 Å². The highest BCUT2D eigenvalue weighted by atomic mass is 79.9. The third kappa shape index (κ3) is 3.02. The Labute approximate surface area is 76.4 Å². The van der Waals surface area contributed by atoms with Crippen molar-refractivity contribution in [2.24, 2.45) is 0 Å². The van der Waals surface area contributed by atoms with E-state index in [0.717, 1.165) is 0 Å². The predicted molar refractivity (Wildman–Crippen MR) is 49.6 cm³/mol. The predicted octanol–water partition coefficient (Wildman–Crippen LogP) is 2.47. The number of rotatable bonds is 3. The SMILES string of the molecule is CCCCc1cc[n+](Br)cc1. The van der Waals surface area contributed by atoms with Crippen molar-refractivity contribution in [3.63, 3.8) is 0 Å². The van der Waals surface area contributed by atoms with Gasteiger partial charge in [-0.25, -0.2) is 0 Å². The first-order valence-electron chi connectivity index (χ1n) is 3.99. The normalized spacial score (nSPS) is 10.0. The van der Waals surface area contributed by atoms with Crippen molar-refractivity contribution in [3.05, 3.63) is 30.1 Å². The molecule has 1 aromatic heterocycles. The molecule has 0 atom stereocenters. The molecule has 0 aliphatic rings. The highest BCUT2D eigenvalue weighted by Crippen LogP contribution is 2.01. The number of nitrogens with zero attached hydrogens (tertiary/aromatic N) is 1. The van der Waals surface area contributed by atoms with Gasteiger partial charge in [-0.15, -0.1) is 3.59 Å². The first-order valence-corrected chi connectivity index (χ1v) is 4.70. The zero-order chi connectivity index (χ0) is 8.10. The zero-order valence-corrected chi connectivity index (χ0v) is 8.34. The van der Waals surface area contributed by atoms with Crippen LogP contribution >= 0.6 is 16.1 Å². The molecule has 0 radical (unpaired) electrons. The van der Waals surface area contributed by atoms with Crippen molar-refractivity contribution < 1.29 is 3.59 Å². The minimum atomic E-state index is 1.20. The van der Waals surface area contributed by atoms with Gasteiger partial charge in [0.2, 0.25) is 0 Å². The molecule has 0 aliphatic carbocycles. The summed E-state index contributed by atoms with van der Waals surface area (Å²) in [5.74, 6) is 0. The highest BCUT2D eigenvalue weighted by Gasteiger charge is 1.95. The molecule has 0 N–H and O–H groups in total. The number of aryl methyl sites for hydroxylation is 1. The number of aromatic nitrogens is 1. The summed E-state index contributed by atoms with van der Waals surface area (Å²) in [5.41, 5.74) is 1.42. The van der Waals surface area contributed by atoms with E-state index in [0.29, 0.717) is 0 Å². The molecule has 11 heavy (non-hydrogen) atoms. The summed E-state index contributed by atoms with van der Waals surface area (Å²) in [6.07, 6.45) is 7.79. The Kier molecular flexibility index (Phi) is 3.57. The smallest absolute Gasteiger partial charge is 0.130 e. The van der Waals surface area contributed by atoms with Crippen LogP contribution in [0.2, 0.25) is 0 Å². The molecule has 1 heterocycles. The molecule has 0 bridgehead atoms. The summed E-state index contributed by atoms with van der Waals surface area (Å²) in [6, 6.07) is 4.29. The van der Waals surface area contributed by atoms with Crippen molar-refractivity contribution in [2.45, 2.75) is 26.2 Å². The van der Waals surface area contributed by atoms with Gasteiger partial charge < -0.3 is 0 Å². The second-order valence-corrected chi connectivity index (χ2v) is 3.47. The van der Waals surface area contributed by atoms with Crippen LogP contribution in [0, 0.1) is 0 Å². The Morgan fingerprint density at radius 1 is 1.36 bits per heavy atom. The van der Waals surface area contributed by atoms with Gasteiger partial charge in [-0.2, -0.15) is 0 Å². The van der Waals surface area contributed by atoms with E-state index in [4.69, 9.17) is 0 Å². The first-order chi connectivity index (χ1) is 5.33. The second kappa shape index (κ2) is 4.50. The molecule has 0 spiro atoms. The van der Waals surface area contributed by atoms with Crippen molar-refractivity contribution in [1.29, 1.82) is 0 Å². The third-order valence-electron chi connectivity index (χ3n) is 1.68. The summed E-state index contributed by atoms with van der Waals surface area (Å²) in [6.45, 7) is 2.22. The molecule has 0 amide bonds. The van der Waals surface area contributed by atoms with Crippen molar-refractivity contribution in [1.82, 2.24) is 0 Å². The van der Waals surface area contributed by atoms with Crippen LogP contribution in [-0.4, -0.2) is 0 Å². The minimum Gasteiger partial charge on any atom is -0.130 e. The zero-order valence-electron chi connectivity index (χ0n) is 6.76. The molecular formula is C9H13BrN+. The van der Waals surface area contributed by atoms with Gasteiger partial charge in [0.25, 0.3) is 0 Å². The van der Waals surface area contributed by atoms with E-state index in [1.165, 1.54) is 24.8 Å². The fraction of sp³-hybridized carbons (Fsp3) is 0.444. The van der Waals surface area contributed by atoms with Crippen LogP contribution in [0.3, 0.4) is 0 Å². The van der Waals surface area contributed by atoms with E-state index < -0.39 is 0 Å². The van der Waals surface area contributed by atoms with Crippen LogP contribution in [0.25, 0.3) is 0 Å². The maximum absolute atomic E-state index is 3.33. The van der Waals surface area contributed by atoms with Gasteiger partial charge in [-0.1, -0.05) is 13.3 Å². The monoisotopic (exact) mass is 214 g/mol. The van der Waals surface area contributed by atoms with Gasteiger partial charge in [-0.05, 0) is 18.4 Å². The summed E-state index contributed by atoms with van der Waals surface area (Å²) in [5, 5.41) is 0. The average molecular weight is 215 g/mol. The Hall–Kier alpha value is -0.370. The number of hydrogen-bond donors (Lipinski definition) is 0. The molecule has 0 aliphatic heterocycles. The molecule has 1 rings (SSSR count). The lowest BCUT2D eigenvalue weighted by atomic mass is 10.1. The Morgan fingerprint density at radius 2 is 2.00 bits per heavy atom. The standard InChI is InChI=1S/C9H13BrN/c1-2-3-4-9-5-7-11(10)8-6-9/h5-8H,2-4H2,1H3/q+1. The van der Waals surface area contributed by atoms with Gasteiger partial charge in [0.1, 0.15) is 0 Å². The van der Waals surface area contributed by atoms with Crippen LogP contribution in [-0.2, 0) is 6.42 Å². The lowest BCUT2D eigenvalue weighted by molar-refractivity contribution is -0.473. The van der Waals surface area contributed by atoms with E-state index in [1.54, 1.807) is 0 Å². The van der Waals surface area contributed by atoms with Gasteiger partial charge >= 0.3 is 16.1 Å². The maximum atomic E-state index is 3.33. The Balaban J connectivity index is 2.52. The first kappa shape index (κ1) is 8.72. The van der Waals surface area contributed by atoms with E-state index in [-0.39, 0.29) is 0 Å². The fourth-order valence-electron chi connectivity index (χ4n) is 0.987. The second-order valence-electron chi connectivity index (χ2n) is 2.65. The third-order valence-corrected chi connectivity index (χ3v) is 2.15. The number of halogens is 1. The molecule has 0 aromatic carbocycles. The van der Waals surface area contributed by atoms with Gasteiger partial charge in [0, 0.05) is 12.1 Å². The van der Waals surface area contributed by atoms with Crippen molar-refractivity contribution >= 4 is 16.1 Å². The molecule has 0 unspecified atom stereocenters. The summed E-state index contributed by atoms with van der Waals surface area (Å²) in [7, 11) is 0. The van der Waals surface area contributed by atoms with E-state index in [9.17, 15) is 0 Å². The summed E-state index contributed by atoms with van der Waals surface area (Å²) >= 11 is 3.33. The highest BCUT2D eigenvalue weighted by molar-refractivity contribution is 9.04. The summed E-state index contributed by atoms with van der Waals surface area (Å²) < 4.78 is 1.88. The van der Waals surface area contributed by atoms with Crippen LogP contribution in [0.15, 0.2) is 24.5 Å². The molecule has 0 saturated carbocycles. The average Bonchev–Trinajstić information content (AvgIpc) is 2.04. The molecule has 60 valence electrons.